The molecule has 4 heteroatoms. The SMILES string of the molecule is NCC(NC(=O)c1ccc2[nH]ccc2c1)C1CC1. The first kappa shape index (κ1) is 11.3. The van der Waals surface area contributed by atoms with Gasteiger partial charge in [0.2, 0.25) is 0 Å². The van der Waals surface area contributed by atoms with E-state index in [0.29, 0.717) is 18.0 Å². The van der Waals surface area contributed by atoms with Crippen molar-refractivity contribution in [2.45, 2.75) is 18.9 Å². The number of carbonyl (C=O) groups is 1. The fourth-order valence-corrected chi connectivity index (χ4v) is 2.31. The lowest BCUT2D eigenvalue weighted by molar-refractivity contribution is 0.0933. The van der Waals surface area contributed by atoms with Gasteiger partial charge in [0.1, 0.15) is 0 Å². The second-order valence-corrected chi connectivity index (χ2v) is 4.93. The van der Waals surface area contributed by atoms with E-state index < -0.39 is 0 Å². The van der Waals surface area contributed by atoms with Crippen molar-refractivity contribution in [2.24, 2.45) is 11.7 Å². The van der Waals surface area contributed by atoms with Crippen molar-refractivity contribution in [3.63, 3.8) is 0 Å². The summed E-state index contributed by atoms with van der Waals surface area (Å²) in [7, 11) is 0. The van der Waals surface area contributed by atoms with Crippen molar-refractivity contribution in [1.82, 2.24) is 10.3 Å². The zero-order chi connectivity index (χ0) is 12.5. The number of nitrogens with one attached hydrogen (secondary N) is 2. The number of carbonyl (C=O) groups excluding carboxylic acids is 1. The summed E-state index contributed by atoms with van der Waals surface area (Å²) in [5.74, 6) is 0.551. The largest absolute Gasteiger partial charge is 0.361 e. The third kappa shape index (κ3) is 2.11. The average Bonchev–Trinajstić information content (AvgIpc) is 3.12. The van der Waals surface area contributed by atoms with Crippen LogP contribution in [0.1, 0.15) is 23.2 Å². The molecule has 1 aliphatic carbocycles. The highest BCUT2D eigenvalue weighted by Crippen LogP contribution is 2.32. The molecule has 1 amide bonds. The molecule has 0 saturated heterocycles. The van der Waals surface area contributed by atoms with Gasteiger partial charge < -0.3 is 16.0 Å². The van der Waals surface area contributed by atoms with E-state index in [2.05, 4.69) is 10.3 Å². The van der Waals surface area contributed by atoms with Gasteiger partial charge in [-0.2, -0.15) is 0 Å². The number of amides is 1. The van der Waals surface area contributed by atoms with E-state index in [1.165, 1.54) is 12.8 Å². The zero-order valence-corrected chi connectivity index (χ0v) is 10.1. The van der Waals surface area contributed by atoms with E-state index in [1.807, 2.05) is 30.5 Å². The maximum Gasteiger partial charge on any atom is 0.251 e. The molecule has 1 heterocycles. The highest BCUT2D eigenvalue weighted by atomic mass is 16.1. The lowest BCUT2D eigenvalue weighted by Crippen LogP contribution is -2.41. The van der Waals surface area contributed by atoms with Gasteiger partial charge in [0.15, 0.2) is 0 Å². The van der Waals surface area contributed by atoms with Crippen LogP contribution in [0.15, 0.2) is 30.5 Å². The molecule has 1 saturated carbocycles. The highest BCUT2D eigenvalue weighted by Gasteiger charge is 2.31. The Bertz CT molecular complexity index is 571. The van der Waals surface area contributed by atoms with Gasteiger partial charge in [0.05, 0.1) is 0 Å². The number of H-pyrrole nitrogens is 1. The minimum absolute atomic E-state index is 0.0274. The van der Waals surface area contributed by atoms with Crippen LogP contribution in [0.4, 0.5) is 0 Å². The molecule has 18 heavy (non-hydrogen) atoms. The second-order valence-electron chi connectivity index (χ2n) is 4.93. The van der Waals surface area contributed by atoms with E-state index in [0.717, 1.165) is 10.9 Å². The zero-order valence-electron chi connectivity index (χ0n) is 10.1. The van der Waals surface area contributed by atoms with Gasteiger partial charge in [-0.15, -0.1) is 0 Å². The number of hydrogen-bond donors (Lipinski definition) is 3. The van der Waals surface area contributed by atoms with Gasteiger partial charge in [-0.25, -0.2) is 0 Å². The van der Waals surface area contributed by atoms with Crippen molar-refractivity contribution in [3.05, 3.63) is 36.0 Å². The molecular weight excluding hydrogens is 226 g/mol. The molecule has 4 N–H and O–H groups in total. The summed E-state index contributed by atoms with van der Waals surface area (Å²) in [5, 5.41) is 4.08. The molecule has 1 aromatic carbocycles. The van der Waals surface area contributed by atoms with Gasteiger partial charge in [-0.1, -0.05) is 0 Å². The normalized spacial score (nSPS) is 16.7. The predicted molar refractivity (Wildman–Crippen MR) is 71.3 cm³/mol. The van der Waals surface area contributed by atoms with Crippen LogP contribution in [0, 0.1) is 5.92 Å². The summed E-state index contributed by atoms with van der Waals surface area (Å²) in [6, 6.07) is 7.77. The molecule has 0 bridgehead atoms. The van der Waals surface area contributed by atoms with Crippen molar-refractivity contribution < 1.29 is 4.79 Å². The topological polar surface area (TPSA) is 70.9 Å². The van der Waals surface area contributed by atoms with E-state index >= 15 is 0 Å². The van der Waals surface area contributed by atoms with Gasteiger partial charge >= 0.3 is 0 Å². The van der Waals surface area contributed by atoms with E-state index in [4.69, 9.17) is 5.73 Å². The Morgan fingerprint density at radius 1 is 1.44 bits per heavy atom. The molecule has 3 rings (SSSR count). The molecule has 0 spiro atoms. The molecule has 0 aliphatic heterocycles. The monoisotopic (exact) mass is 243 g/mol. The van der Waals surface area contributed by atoms with Crippen LogP contribution in [-0.2, 0) is 0 Å². The molecule has 2 aromatic rings. The van der Waals surface area contributed by atoms with Gasteiger partial charge in [0, 0.05) is 35.2 Å². The molecule has 0 radical (unpaired) electrons. The predicted octanol–water partition coefficient (Wildman–Crippen LogP) is 1.63. The van der Waals surface area contributed by atoms with Crippen molar-refractivity contribution in [3.8, 4) is 0 Å². The fraction of sp³-hybridized carbons (Fsp3) is 0.357. The van der Waals surface area contributed by atoms with Crippen LogP contribution in [-0.4, -0.2) is 23.5 Å². The average molecular weight is 243 g/mol. The lowest BCUT2D eigenvalue weighted by Gasteiger charge is -2.15. The molecule has 4 nitrogen and oxygen atoms in total. The number of benzene rings is 1. The molecule has 94 valence electrons. The minimum Gasteiger partial charge on any atom is -0.361 e. The summed E-state index contributed by atoms with van der Waals surface area (Å²) in [5.41, 5.74) is 7.44. The summed E-state index contributed by atoms with van der Waals surface area (Å²) in [4.78, 5) is 15.2. The molecular formula is C14H17N3O. The molecule has 1 unspecified atom stereocenters. The Morgan fingerprint density at radius 3 is 3.00 bits per heavy atom. The van der Waals surface area contributed by atoms with Crippen molar-refractivity contribution in [2.75, 3.05) is 6.54 Å². The van der Waals surface area contributed by atoms with Crippen LogP contribution >= 0.6 is 0 Å². The molecule has 1 fully saturated rings. The van der Waals surface area contributed by atoms with Crippen LogP contribution in [0.5, 0.6) is 0 Å². The number of fused-ring (bicyclic) bond motifs is 1. The first-order valence-corrected chi connectivity index (χ1v) is 6.36. The summed E-state index contributed by atoms with van der Waals surface area (Å²) in [6.07, 6.45) is 4.23. The maximum atomic E-state index is 12.1. The lowest BCUT2D eigenvalue weighted by atomic mass is 10.1. The Kier molecular flexibility index (Phi) is 2.80. The number of nitrogens with two attached hydrogens (primary N) is 1. The Morgan fingerprint density at radius 2 is 2.28 bits per heavy atom. The Hall–Kier alpha value is -1.81. The van der Waals surface area contributed by atoms with Crippen LogP contribution in [0.2, 0.25) is 0 Å². The van der Waals surface area contributed by atoms with Crippen LogP contribution in [0.3, 0.4) is 0 Å². The third-order valence-electron chi connectivity index (χ3n) is 3.58. The standard InChI is InChI=1S/C14H17N3O/c15-8-13(9-1-2-9)17-14(18)11-3-4-12-10(7-11)5-6-16-12/h3-7,9,13,16H,1-2,8,15H2,(H,17,18). The summed E-state index contributed by atoms with van der Waals surface area (Å²) < 4.78 is 0. The summed E-state index contributed by atoms with van der Waals surface area (Å²) in [6.45, 7) is 0.517. The Balaban J connectivity index is 1.78. The van der Waals surface area contributed by atoms with Crippen LogP contribution < -0.4 is 11.1 Å². The summed E-state index contributed by atoms with van der Waals surface area (Å²) >= 11 is 0. The minimum atomic E-state index is -0.0274. The number of rotatable bonds is 4. The quantitative estimate of drug-likeness (QED) is 0.764. The molecule has 1 aliphatic rings. The van der Waals surface area contributed by atoms with Gasteiger partial charge in [-0.3, -0.25) is 4.79 Å². The van der Waals surface area contributed by atoms with Crippen molar-refractivity contribution in [1.29, 1.82) is 0 Å². The second kappa shape index (κ2) is 4.46. The van der Waals surface area contributed by atoms with E-state index in [-0.39, 0.29) is 11.9 Å². The third-order valence-corrected chi connectivity index (χ3v) is 3.58. The first-order valence-electron chi connectivity index (χ1n) is 6.36. The molecule has 1 atom stereocenters. The number of aromatic amines is 1. The van der Waals surface area contributed by atoms with Crippen molar-refractivity contribution >= 4 is 16.8 Å². The first-order chi connectivity index (χ1) is 8.78. The molecule has 1 aromatic heterocycles. The number of hydrogen-bond acceptors (Lipinski definition) is 2. The van der Waals surface area contributed by atoms with Crippen LogP contribution in [0.25, 0.3) is 10.9 Å². The Labute approximate surface area is 106 Å². The van der Waals surface area contributed by atoms with E-state index in [9.17, 15) is 4.79 Å². The van der Waals surface area contributed by atoms with Gasteiger partial charge in [-0.05, 0) is 43.0 Å². The van der Waals surface area contributed by atoms with Gasteiger partial charge in [0.25, 0.3) is 5.91 Å². The smallest absolute Gasteiger partial charge is 0.251 e. The number of aromatic nitrogens is 1. The highest BCUT2D eigenvalue weighted by molar-refractivity contribution is 5.98. The van der Waals surface area contributed by atoms with E-state index in [1.54, 1.807) is 0 Å². The maximum absolute atomic E-state index is 12.1. The fourth-order valence-electron chi connectivity index (χ4n) is 2.31.